The van der Waals surface area contributed by atoms with Crippen LogP contribution >= 0.6 is 0 Å². The van der Waals surface area contributed by atoms with Gasteiger partial charge in [0.05, 0.1) is 13.7 Å². The van der Waals surface area contributed by atoms with E-state index in [1.54, 1.807) is 19.2 Å². The molecule has 0 spiro atoms. The number of methoxy groups -OCH3 is 1. The van der Waals surface area contributed by atoms with Crippen LogP contribution in [0.3, 0.4) is 0 Å². The summed E-state index contributed by atoms with van der Waals surface area (Å²) < 4.78 is 36.8. The second-order valence-electron chi connectivity index (χ2n) is 5.68. The van der Waals surface area contributed by atoms with Crippen LogP contribution in [0.2, 0.25) is 0 Å². The van der Waals surface area contributed by atoms with E-state index in [-0.39, 0.29) is 12.3 Å². The number of fused-ring (bicyclic) bond motifs is 1. The molecule has 0 saturated heterocycles. The van der Waals surface area contributed by atoms with Crippen molar-refractivity contribution in [1.29, 1.82) is 0 Å². The summed E-state index contributed by atoms with van der Waals surface area (Å²) in [5.41, 5.74) is 1.25. The molecule has 0 fully saturated rings. The van der Waals surface area contributed by atoms with Crippen molar-refractivity contribution < 1.29 is 18.3 Å². The van der Waals surface area contributed by atoms with Crippen molar-refractivity contribution in [3.8, 4) is 11.5 Å². The summed E-state index contributed by atoms with van der Waals surface area (Å²) in [5.74, 6) is 1.79. The lowest BCUT2D eigenvalue weighted by Gasteiger charge is -2.15. The topological polar surface area (TPSA) is 85.1 Å². The molecule has 3 rings (SSSR count). The molecule has 0 aliphatic carbocycles. The number of aromatic nitrogens is 3. The van der Waals surface area contributed by atoms with Gasteiger partial charge >= 0.3 is 6.61 Å². The molecule has 0 saturated carbocycles. The minimum absolute atomic E-state index is 0.0715. The van der Waals surface area contributed by atoms with Crippen LogP contribution in [-0.4, -0.2) is 41.3 Å². The van der Waals surface area contributed by atoms with E-state index in [9.17, 15) is 8.78 Å². The average molecular weight is 390 g/mol. The molecule has 2 aromatic heterocycles. The molecular weight excluding hydrogens is 370 g/mol. The maximum absolute atomic E-state index is 12.6. The number of aliphatic imine (C=N–C) groups is 1. The van der Waals surface area contributed by atoms with Crippen molar-refractivity contribution in [1.82, 2.24) is 25.2 Å². The minimum atomic E-state index is -2.91. The number of nitrogens with one attached hydrogen (secondary N) is 2. The summed E-state index contributed by atoms with van der Waals surface area (Å²) in [7, 11) is 3.11. The first-order valence-electron chi connectivity index (χ1n) is 8.45. The normalized spacial score (nSPS) is 11.7. The van der Waals surface area contributed by atoms with Crippen molar-refractivity contribution in [2.24, 2.45) is 4.99 Å². The summed E-state index contributed by atoms with van der Waals surface area (Å²) in [6.45, 7) is -2.33. The van der Waals surface area contributed by atoms with E-state index < -0.39 is 6.61 Å². The van der Waals surface area contributed by atoms with E-state index >= 15 is 0 Å². The van der Waals surface area contributed by atoms with Crippen molar-refractivity contribution in [3.63, 3.8) is 0 Å². The molecule has 0 amide bonds. The zero-order valence-electron chi connectivity index (χ0n) is 15.4. The number of hydrogen-bond acceptors (Lipinski definition) is 5. The summed E-state index contributed by atoms with van der Waals surface area (Å²) in [6, 6.07) is 10.3. The number of alkyl halides is 2. The second kappa shape index (κ2) is 8.98. The van der Waals surface area contributed by atoms with Gasteiger partial charge in [0.1, 0.15) is 11.5 Å². The van der Waals surface area contributed by atoms with E-state index in [2.05, 4.69) is 30.6 Å². The Hall–Kier alpha value is -3.43. The zero-order chi connectivity index (χ0) is 19.9. The van der Waals surface area contributed by atoms with Crippen LogP contribution < -0.4 is 20.1 Å². The van der Waals surface area contributed by atoms with E-state index in [1.807, 2.05) is 28.8 Å². The standard InChI is InChI=1S/C18H20F2N6O2/c1-21-18(23-11-16-25-24-15-5-3-4-8-26(15)16)22-10-12-9-13(27-2)6-7-14(12)28-17(19)20/h3-9,17H,10-11H2,1-2H3,(H2,21,22,23). The predicted molar refractivity (Wildman–Crippen MR) is 99.7 cm³/mol. The van der Waals surface area contributed by atoms with Crippen LogP contribution in [0.15, 0.2) is 47.6 Å². The SMILES string of the molecule is CN=C(NCc1cc(OC)ccc1OC(F)F)NCc1nnc2ccccn12. The lowest BCUT2D eigenvalue weighted by Crippen LogP contribution is -2.36. The minimum Gasteiger partial charge on any atom is -0.497 e. The molecule has 28 heavy (non-hydrogen) atoms. The molecule has 0 unspecified atom stereocenters. The number of hydrogen-bond donors (Lipinski definition) is 2. The Morgan fingerprint density at radius 2 is 2.00 bits per heavy atom. The highest BCUT2D eigenvalue weighted by molar-refractivity contribution is 5.79. The third kappa shape index (κ3) is 4.64. The summed E-state index contributed by atoms with van der Waals surface area (Å²) in [5, 5.41) is 14.4. The number of rotatable bonds is 7. The van der Waals surface area contributed by atoms with Gasteiger partial charge in [-0.1, -0.05) is 6.07 Å². The number of pyridine rings is 1. The van der Waals surface area contributed by atoms with Crippen LogP contribution in [0.5, 0.6) is 11.5 Å². The zero-order valence-corrected chi connectivity index (χ0v) is 15.4. The van der Waals surface area contributed by atoms with Crippen molar-refractivity contribution in [3.05, 3.63) is 54.0 Å². The molecule has 0 atom stereocenters. The molecule has 2 heterocycles. The fourth-order valence-corrected chi connectivity index (χ4v) is 2.61. The summed E-state index contributed by atoms with van der Waals surface area (Å²) in [4.78, 5) is 4.13. The van der Waals surface area contributed by atoms with Crippen LogP contribution in [-0.2, 0) is 13.1 Å². The fourth-order valence-electron chi connectivity index (χ4n) is 2.61. The Bertz CT molecular complexity index is 960. The molecule has 0 aliphatic rings. The van der Waals surface area contributed by atoms with Crippen LogP contribution in [0.25, 0.3) is 5.65 Å². The number of nitrogens with zero attached hydrogens (tertiary/aromatic N) is 4. The highest BCUT2D eigenvalue weighted by atomic mass is 19.3. The Morgan fingerprint density at radius 3 is 2.75 bits per heavy atom. The van der Waals surface area contributed by atoms with Gasteiger partial charge in [0.2, 0.25) is 0 Å². The van der Waals surface area contributed by atoms with Gasteiger partial charge in [0.25, 0.3) is 0 Å². The van der Waals surface area contributed by atoms with E-state index in [0.29, 0.717) is 29.6 Å². The fraction of sp³-hybridized carbons (Fsp3) is 0.278. The van der Waals surface area contributed by atoms with Crippen molar-refractivity contribution >= 4 is 11.6 Å². The predicted octanol–water partition coefficient (Wildman–Crippen LogP) is 2.20. The molecule has 148 valence electrons. The van der Waals surface area contributed by atoms with Gasteiger partial charge in [-0.25, -0.2) is 0 Å². The van der Waals surface area contributed by atoms with Gasteiger partial charge in [-0.3, -0.25) is 9.39 Å². The molecule has 1 aromatic carbocycles. The largest absolute Gasteiger partial charge is 0.497 e. The number of guanidine groups is 1. The molecule has 3 aromatic rings. The average Bonchev–Trinajstić information content (AvgIpc) is 3.12. The Morgan fingerprint density at radius 1 is 1.18 bits per heavy atom. The monoisotopic (exact) mass is 390 g/mol. The van der Waals surface area contributed by atoms with Gasteiger partial charge in [-0.2, -0.15) is 8.78 Å². The quantitative estimate of drug-likeness (QED) is 0.475. The highest BCUT2D eigenvalue weighted by Gasteiger charge is 2.12. The lowest BCUT2D eigenvalue weighted by molar-refractivity contribution is -0.0504. The smallest absolute Gasteiger partial charge is 0.387 e. The molecule has 0 radical (unpaired) electrons. The second-order valence-corrected chi connectivity index (χ2v) is 5.68. The first-order valence-corrected chi connectivity index (χ1v) is 8.45. The molecule has 2 N–H and O–H groups in total. The number of ether oxygens (including phenoxy) is 2. The molecule has 0 bridgehead atoms. The van der Waals surface area contributed by atoms with Crippen LogP contribution in [0.4, 0.5) is 8.78 Å². The van der Waals surface area contributed by atoms with Gasteiger partial charge in [-0.05, 0) is 30.3 Å². The maximum atomic E-state index is 12.6. The number of halogens is 2. The molecule has 8 nitrogen and oxygen atoms in total. The third-order valence-electron chi connectivity index (χ3n) is 3.95. The van der Waals surface area contributed by atoms with E-state index in [4.69, 9.17) is 4.74 Å². The summed E-state index contributed by atoms with van der Waals surface area (Å²) in [6.07, 6.45) is 1.87. The molecule has 10 heteroatoms. The summed E-state index contributed by atoms with van der Waals surface area (Å²) >= 11 is 0. The van der Waals surface area contributed by atoms with Gasteiger partial charge in [0, 0.05) is 25.4 Å². The van der Waals surface area contributed by atoms with Gasteiger partial charge in [-0.15, -0.1) is 10.2 Å². The van der Waals surface area contributed by atoms with Gasteiger partial charge < -0.3 is 20.1 Å². The highest BCUT2D eigenvalue weighted by Crippen LogP contribution is 2.25. The van der Waals surface area contributed by atoms with Crippen LogP contribution in [0.1, 0.15) is 11.4 Å². The first kappa shape index (κ1) is 19.3. The van der Waals surface area contributed by atoms with Gasteiger partial charge in [0.15, 0.2) is 17.4 Å². The lowest BCUT2D eigenvalue weighted by atomic mass is 10.2. The molecular formula is C18H20F2N6O2. The maximum Gasteiger partial charge on any atom is 0.387 e. The van der Waals surface area contributed by atoms with Crippen molar-refractivity contribution in [2.75, 3.05) is 14.2 Å². The van der Waals surface area contributed by atoms with Crippen molar-refractivity contribution in [2.45, 2.75) is 19.7 Å². The molecule has 0 aliphatic heterocycles. The third-order valence-corrected chi connectivity index (χ3v) is 3.95. The number of benzene rings is 1. The van der Waals surface area contributed by atoms with Crippen LogP contribution in [0, 0.1) is 0 Å². The first-order chi connectivity index (χ1) is 13.6. The Kier molecular flexibility index (Phi) is 6.20. The van der Waals surface area contributed by atoms with E-state index in [0.717, 1.165) is 5.65 Å². The Balaban J connectivity index is 1.65. The van der Waals surface area contributed by atoms with E-state index in [1.165, 1.54) is 13.2 Å². The Labute approximate surface area is 160 Å².